The van der Waals surface area contributed by atoms with E-state index >= 15 is 0 Å². The molecule has 1 aromatic carbocycles. The van der Waals surface area contributed by atoms with Gasteiger partial charge in [0.25, 0.3) is 0 Å². The Balaban J connectivity index is 1.65. The van der Waals surface area contributed by atoms with Gasteiger partial charge in [-0.2, -0.15) is 5.10 Å². The Morgan fingerprint density at radius 1 is 1.10 bits per heavy atom. The number of hydrogen-bond acceptors (Lipinski definition) is 4. The number of H-pyrrole nitrogens is 2. The van der Waals surface area contributed by atoms with Gasteiger partial charge < -0.3 is 4.98 Å². The highest BCUT2D eigenvalue weighted by Crippen LogP contribution is 2.34. The van der Waals surface area contributed by atoms with E-state index in [0.29, 0.717) is 0 Å². The standard InChI is InChI=1S/C24H19N5S/c1-3-15(14-25-4-2)16-7-8-20-17(12-16)23(29-28-20)21-13-18-19(27-21)9-10-26-24(18)22-6-5-11-30-22/h3-14,27H,2H2,1H3,(H,28,29)/b15-3+,25-14?. The fourth-order valence-electron chi connectivity index (χ4n) is 3.64. The number of thiophene rings is 1. The number of hydrogen-bond donors (Lipinski definition) is 2. The number of aromatic amines is 2. The Hall–Kier alpha value is -3.77. The van der Waals surface area contributed by atoms with Crippen molar-refractivity contribution in [3.63, 3.8) is 0 Å². The SMILES string of the molecule is C=CN=C/C(=C\C)c1ccc2[nH]nc(-c3cc4c(-c5cccs5)nccc4[nH]3)c2c1. The van der Waals surface area contributed by atoms with Crippen molar-refractivity contribution in [1.82, 2.24) is 20.2 Å². The molecule has 0 unspecified atom stereocenters. The number of rotatable bonds is 5. The molecule has 0 saturated carbocycles. The molecule has 0 fully saturated rings. The summed E-state index contributed by atoms with van der Waals surface area (Å²) in [6, 6.07) is 14.5. The van der Waals surface area contributed by atoms with Gasteiger partial charge in [-0.05, 0) is 53.8 Å². The first-order valence-electron chi connectivity index (χ1n) is 9.59. The van der Waals surface area contributed by atoms with E-state index in [1.165, 1.54) is 6.20 Å². The van der Waals surface area contributed by atoms with E-state index in [-0.39, 0.29) is 0 Å². The van der Waals surface area contributed by atoms with E-state index in [9.17, 15) is 0 Å². The number of aromatic nitrogens is 4. The second-order valence-corrected chi connectivity index (χ2v) is 7.77. The molecule has 2 N–H and O–H groups in total. The molecule has 0 amide bonds. The third-order valence-corrected chi connectivity index (χ3v) is 5.96. The summed E-state index contributed by atoms with van der Waals surface area (Å²) < 4.78 is 0. The average Bonchev–Trinajstić information content (AvgIpc) is 3.52. The lowest BCUT2D eigenvalue weighted by Gasteiger charge is -2.02. The molecule has 5 rings (SSSR count). The van der Waals surface area contributed by atoms with Crippen LogP contribution in [-0.2, 0) is 0 Å². The van der Waals surface area contributed by atoms with Gasteiger partial charge in [0.2, 0.25) is 0 Å². The van der Waals surface area contributed by atoms with Gasteiger partial charge in [0.1, 0.15) is 5.69 Å². The number of benzene rings is 1. The average molecular weight is 410 g/mol. The molecule has 0 radical (unpaired) electrons. The fourth-order valence-corrected chi connectivity index (χ4v) is 4.37. The molecule has 0 aliphatic carbocycles. The van der Waals surface area contributed by atoms with Crippen LogP contribution in [0.4, 0.5) is 0 Å². The summed E-state index contributed by atoms with van der Waals surface area (Å²) in [5.74, 6) is 0. The van der Waals surface area contributed by atoms with Crippen molar-refractivity contribution in [1.29, 1.82) is 0 Å². The minimum Gasteiger partial charge on any atom is -0.353 e. The van der Waals surface area contributed by atoms with Crippen molar-refractivity contribution >= 4 is 44.9 Å². The van der Waals surface area contributed by atoms with Gasteiger partial charge in [0, 0.05) is 34.9 Å². The molecule has 30 heavy (non-hydrogen) atoms. The molecule has 5 nitrogen and oxygen atoms in total. The molecule has 4 heterocycles. The van der Waals surface area contributed by atoms with Gasteiger partial charge in [0.15, 0.2) is 0 Å². The summed E-state index contributed by atoms with van der Waals surface area (Å²) in [4.78, 5) is 13.5. The van der Waals surface area contributed by atoms with Crippen LogP contribution in [0.15, 0.2) is 77.9 Å². The zero-order chi connectivity index (χ0) is 20.5. The maximum atomic E-state index is 4.62. The molecule has 0 aliphatic rings. The van der Waals surface area contributed by atoms with Crippen LogP contribution in [0.1, 0.15) is 12.5 Å². The summed E-state index contributed by atoms with van der Waals surface area (Å²) in [5, 5.41) is 12.0. The normalized spacial score (nSPS) is 12.4. The molecular formula is C24H19N5S. The smallest absolute Gasteiger partial charge is 0.116 e. The van der Waals surface area contributed by atoms with Gasteiger partial charge in [0.05, 0.1) is 21.8 Å². The number of nitrogens with one attached hydrogen (secondary N) is 2. The van der Waals surface area contributed by atoms with Crippen molar-refractivity contribution in [3.8, 4) is 22.0 Å². The van der Waals surface area contributed by atoms with Crippen LogP contribution in [0.5, 0.6) is 0 Å². The molecule has 0 spiro atoms. The molecule has 146 valence electrons. The first-order valence-corrected chi connectivity index (χ1v) is 10.5. The molecule has 4 aromatic heterocycles. The van der Waals surface area contributed by atoms with E-state index in [4.69, 9.17) is 0 Å². The molecule has 5 aromatic rings. The number of pyridine rings is 1. The zero-order valence-corrected chi connectivity index (χ0v) is 17.2. The highest BCUT2D eigenvalue weighted by molar-refractivity contribution is 7.13. The lowest BCUT2D eigenvalue weighted by molar-refractivity contribution is 1.12. The van der Waals surface area contributed by atoms with Crippen LogP contribution in [0.25, 0.3) is 49.3 Å². The quantitative estimate of drug-likeness (QED) is 0.327. The third kappa shape index (κ3) is 3.07. The second-order valence-electron chi connectivity index (χ2n) is 6.82. The van der Waals surface area contributed by atoms with Crippen molar-refractivity contribution in [2.24, 2.45) is 4.99 Å². The molecule has 0 bridgehead atoms. The lowest BCUT2D eigenvalue weighted by Crippen LogP contribution is -1.86. The van der Waals surface area contributed by atoms with Gasteiger partial charge >= 0.3 is 0 Å². The van der Waals surface area contributed by atoms with Crippen LogP contribution in [0.3, 0.4) is 0 Å². The van der Waals surface area contributed by atoms with Crippen molar-refractivity contribution in [2.45, 2.75) is 6.92 Å². The Bertz CT molecular complexity index is 1420. The first kappa shape index (κ1) is 18.3. The summed E-state index contributed by atoms with van der Waals surface area (Å²) >= 11 is 1.69. The van der Waals surface area contributed by atoms with E-state index < -0.39 is 0 Å². The summed E-state index contributed by atoms with van der Waals surface area (Å²) in [5.41, 5.74) is 6.97. The van der Waals surface area contributed by atoms with Gasteiger partial charge in [-0.1, -0.05) is 24.8 Å². The first-order chi connectivity index (χ1) is 14.8. The number of allylic oxidation sites excluding steroid dienone is 2. The molecule has 0 saturated heterocycles. The second kappa shape index (κ2) is 7.57. The van der Waals surface area contributed by atoms with Crippen molar-refractivity contribution < 1.29 is 0 Å². The topological polar surface area (TPSA) is 69.7 Å². The largest absolute Gasteiger partial charge is 0.353 e. The van der Waals surface area contributed by atoms with Crippen molar-refractivity contribution in [3.05, 3.63) is 78.5 Å². The number of nitrogens with zero attached hydrogens (tertiary/aromatic N) is 3. The fraction of sp³-hybridized carbons (Fsp3) is 0.0417. The molecule has 0 aliphatic heterocycles. The van der Waals surface area contributed by atoms with Crippen LogP contribution in [0, 0.1) is 0 Å². The summed E-state index contributed by atoms with van der Waals surface area (Å²) in [7, 11) is 0. The van der Waals surface area contributed by atoms with E-state index in [0.717, 1.165) is 54.9 Å². The molecule has 6 heteroatoms. The minimum atomic E-state index is 0.885. The molecule has 0 atom stereocenters. The minimum absolute atomic E-state index is 0.885. The van der Waals surface area contributed by atoms with Gasteiger partial charge in [-0.3, -0.25) is 15.1 Å². The predicted octanol–water partition coefficient (Wildman–Crippen LogP) is 6.45. The Labute approximate surface area is 177 Å². The third-order valence-electron chi connectivity index (χ3n) is 5.08. The van der Waals surface area contributed by atoms with E-state index in [1.807, 2.05) is 43.6 Å². The summed E-state index contributed by atoms with van der Waals surface area (Å²) in [6.07, 6.45) is 7.23. The predicted molar refractivity (Wildman–Crippen MR) is 127 cm³/mol. The Morgan fingerprint density at radius 2 is 2.00 bits per heavy atom. The highest BCUT2D eigenvalue weighted by atomic mass is 32.1. The maximum Gasteiger partial charge on any atom is 0.116 e. The maximum absolute atomic E-state index is 4.62. The van der Waals surface area contributed by atoms with Gasteiger partial charge in [-0.15, -0.1) is 11.3 Å². The Morgan fingerprint density at radius 3 is 2.80 bits per heavy atom. The van der Waals surface area contributed by atoms with Crippen LogP contribution in [-0.4, -0.2) is 26.4 Å². The summed E-state index contributed by atoms with van der Waals surface area (Å²) in [6.45, 7) is 5.66. The molecular weight excluding hydrogens is 390 g/mol. The van der Waals surface area contributed by atoms with Crippen LogP contribution in [0.2, 0.25) is 0 Å². The highest BCUT2D eigenvalue weighted by Gasteiger charge is 2.15. The Kier molecular flexibility index (Phi) is 4.61. The van der Waals surface area contributed by atoms with Gasteiger partial charge in [-0.25, -0.2) is 0 Å². The monoisotopic (exact) mass is 409 g/mol. The number of fused-ring (bicyclic) bond motifs is 2. The lowest BCUT2D eigenvalue weighted by atomic mass is 10.0. The van der Waals surface area contributed by atoms with Crippen LogP contribution >= 0.6 is 11.3 Å². The number of aliphatic imine (C=N–C) groups is 1. The van der Waals surface area contributed by atoms with E-state index in [2.05, 4.69) is 61.4 Å². The zero-order valence-electron chi connectivity index (χ0n) is 16.4. The van der Waals surface area contributed by atoms with E-state index in [1.54, 1.807) is 11.3 Å². The van der Waals surface area contributed by atoms with Crippen LogP contribution < -0.4 is 0 Å². The van der Waals surface area contributed by atoms with Crippen molar-refractivity contribution in [2.75, 3.05) is 0 Å².